The van der Waals surface area contributed by atoms with Crippen LogP contribution in [0.4, 0.5) is 0 Å². The predicted octanol–water partition coefficient (Wildman–Crippen LogP) is 6.38. The number of aromatic nitrogens is 4. The fourth-order valence-electron chi connectivity index (χ4n) is 3.82. The Morgan fingerprint density at radius 1 is 0.944 bits per heavy atom. The van der Waals surface area contributed by atoms with E-state index in [4.69, 9.17) is 44.5 Å². The van der Waals surface area contributed by atoms with E-state index in [9.17, 15) is 9.59 Å². The third kappa shape index (κ3) is 4.37. The molecule has 0 bridgehead atoms. The summed E-state index contributed by atoms with van der Waals surface area (Å²) in [4.78, 5) is 35.2. The zero-order chi connectivity index (χ0) is 25.4. The third-order valence-electron chi connectivity index (χ3n) is 5.46. The van der Waals surface area contributed by atoms with Crippen molar-refractivity contribution in [3.63, 3.8) is 0 Å². The molecule has 10 heteroatoms. The first kappa shape index (κ1) is 24.1. The lowest BCUT2D eigenvalue weighted by Gasteiger charge is -2.15. The molecule has 0 N–H and O–H groups in total. The van der Waals surface area contributed by atoms with Crippen molar-refractivity contribution < 1.29 is 9.53 Å². The van der Waals surface area contributed by atoms with Crippen molar-refractivity contribution in [1.29, 1.82) is 0 Å². The molecule has 0 radical (unpaired) electrons. The summed E-state index contributed by atoms with van der Waals surface area (Å²) in [5.41, 5.74) is 2.04. The molecule has 0 saturated carbocycles. The third-order valence-corrected chi connectivity index (χ3v) is 6.26. The van der Waals surface area contributed by atoms with E-state index >= 15 is 0 Å². The summed E-state index contributed by atoms with van der Waals surface area (Å²) >= 11 is 18.7. The maximum absolute atomic E-state index is 13.8. The van der Waals surface area contributed by atoms with Gasteiger partial charge in [0, 0.05) is 21.3 Å². The van der Waals surface area contributed by atoms with Crippen LogP contribution >= 0.6 is 34.8 Å². The number of benzene rings is 3. The van der Waals surface area contributed by atoms with Gasteiger partial charge in [0.15, 0.2) is 17.0 Å². The number of fused-ring (bicyclic) bond motifs is 1. The lowest BCUT2D eigenvalue weighted by Crippen LogP contribution is -2.22. The second-order valence-electron chi connectivity index (χ2n) is 7.73. The molecule has 0 aliphatic heterocycles. The Morgan fingerprint density at radius 3 is 2.42 bits per heavy atom. The van der Waals surface area contributed by atoms with Gasteiger partial charge in [0.1, 0.15) is 6.33 Å². The van der Waals surface area contributed by atoms with Crippen molar-refractivity contribution in [2.45, 2.75) is 6.92 Å². The first-order valence-corrected chi connectivity index (χ1v) is 12.0. The molecular formula is C26H17Cl3N4O3. The highest BCUT2D eigenvalue weighted by molar-refractivity contribution is 6.36. The Kier molecular flexibility index (Phi) is 6.53. The minimum absolute atomic E-state index is 0.139. The van der Waals surface area contributed by atoms with Gasteiger partial charge < -0.3 is 4.74 Å². The van der Waals surface area contributed by atoms with Crippen molar-refractivity contribution in [2.75, 3.05) is 6.61 Å². The Bertz CT molecular complexity index is 1680. The Balaban J connectivity index is 1.79. The van der Waals surface area contributed by atoms with E-state index in [2.05, 4.69) is 4.98 Å². The van der Waals surface area contributed by atoms with Crippen LogP contribution < -0.4 is 5.56 Å². The molecular weight excluding hydrogens is 523 g/mol. The summed E-state index contributed by atoms with van der Waals surface area (Å²) in [7, 11) is 0. The number of hydrogen-bond acceptors (Lipinski definition) is 5. The second-order valence-corrected chi connectivity index (χ2v) is 9.01. The molecule has 0 atom stereocenters. The maximum Gasteiger partial charge on any atom is 0.338 e. The lowest BCUT2D eigenvalue weighted by atomic mass is 10.2. The number of ether oxygens (including phenoxy) is 1. The zero-order valence-electron chi connectivity index (χ0n) is 18.8. The predicted molar refractivity (Wildman–Crippen MR) is 141 cm³/mol. The van der Waals surface area contributed by atoms with E-state index < -0.39 is 11.5 Å². The molecule has 36 heavy (non-hydrogen) atoms. The molecule has 0 aliphatic carbocycles. The van der Waals surface area contributed by atoms with Crippen LogP contribution in [-0.2, 0) is 4.74 Å². The highest BCUT2D eigenvalue weighted by atomic mass is 35.5. The number of rotatable bonds is 5. The molecule has 0 fully saturated rings. The minimum Gasteiger partial charge on any atom is -0.462 e. The van der Waals surface area contributed by atoms with E-state index in [0.717, 1.165) is 0 Å². The van der Waals surface area contributed by atoms with Crippen LogP contribution in [0.2, 0.25) is 15.1 Å². The molecule has 180 valence electrons. The number of hydrogen-bond donors (Lipinski definition) is 0. The standard InChI is InChI=1S/C26H17Cl3N4O3/c1-2-36-26(35)15-4-3-5-19(12-15)32-14-30-22-24(32)31-23(20-11-8-17(28)13-21(20)29)33(25(22)34)18-9-6-16(27)7-10-18/h3-14H,2H2,1H3. The molecule has 0 saturated heterocycles. The summed E-state index contributed by atoms with van der Waals surface area (Å²) in [6, 6.07) is 18.6. The van der Waals surface area contributed by atoms with Crippen LogP contribution in [0.1, 0.15) is 17.3 Å². The van der Waals surface area contributed by atoms with Gasteiger partial charge in [-0.1, -0.05) is 40.9 Å². The largest absolute Gasteiger partial charge is 0.462 e. The summed E-state index contributed by atoms with van der Waals surface area (Å²) in [5, 5.41) is 1.30. The number of imidazole rings is 1. The first-order chi connectivity index (χ1) is 17.4. The van der Waals surface area contributed by atoms with Gasteiger partial charge in [0.05, 0.1) is 22.9 Å². The van der Waals surface area contributed by atoms with E-state index in [1.807, 2.05) is 0 Å². The van der Waals surface area contributed by atoms with Crippen LogP contribution in [0.5, 0.6) is 0 Å². The molecule has 7 nitrogen and oxygen atoms in total. The number of carbonyl (C=O) groups excluding carboxylic acids is 1. The van der Waals surface area contributed by atoms with Crippen LogP contribution in [0.25, 0.3) is 33.9 Å². The molecule has 2 aromatic heterocycles. The normalized spacial score (nSPS) is 11.1. The first-order valence-electron chi connectivity index (χ1n) is 10.9. The van der Waals surface area contributed by atoms with Crippen molar-refractivity contribution in [3.05, 3.63) is 104 Å². The van der Waals surface area contributed by atoms with Gasteiger partial charge in [-0.3, -0.25) is 13.9 Å². The van der Waals surface area contributed by atoms with E-state index in [0.29, 0.717) is 49.0 Å². The van der Waals surface area contributed by atoms with Gasteiger partial charge in [-0.25, -0.2) is 14.8 Å². The lowest BCUT2D eigenvalue weighted by molar-refractivity contribution is 0.0526. The van der Waals surface area contributed by atoms with Crippen molar-refractivity contribution in [3.8, 4) is 22.8 Å². The summed E-state index contributed by atoms with van der Waals surface area (Å²) in [6.45, 7) is 2.00. The fraction of sp³-hybridized carbons (Fsp3) is 0.0769. The molecule has 0 spiro atoms. The number of halogens is 3. The van der Waals surface area contributed by atoms with Gasteiger partial charge in [0.25, 0.3) is 5.56 Å². The topological polar surface area (TPSA) is 79.0 Å². The van der Waals surface area contributed by atoms with Crippen LogP contribution in [0.15, 0.2) is 77.9 Å². The average Bonchev–Trinajstić information content (AvgIpc) is 3.29. The molecule has 5 aromatic rings. The van der Waals surface area contributed by atoms with E-state index in [1.165, 1.54) is 10.9 Å². The van der Waals surface area contributed by atoms with Crippen LogP contribution in [0.3, 0.4) is 0 Å². The van der Waals surface area contributed by atoms with Crippen molar-refractivity contribution in [2.24, 2.45) is 0 Å². The van der Waals surface area contributed by atoms with Crippen LogP contribution in [0, 0.1) is 0 Å². The van der Waals surface area contributed by atoms with E-state index in [-0.39, 0.29) is 12.1 Å². The quantitative estimate of drug-likeness (QED) is 0.242. The second kappa shape index (κ2) is 9.78. The van der Waals surface area contributed by atoms with E-state index in [1.54, 1.807) is 78.2 Å². The average molecular weight is 540 g/mol. The number of nitrogens with zero attached hydrogens (tertiary/aromatic N) is 4. The number of esters is 1. The van der Waals surface area contributed by atoms with Gasteiger partial charge in [0.2, 0.25) is 0 Å². The summed E-state index contributed by atoms with van der Waals surface area (Å²) in [6.07, 6.45) is 1.49. The van der Waals surface area contributed by atoms with Gasteiger partial charge >= 0.3 is 5.97 Å². The summed E-state index contributed by atoms with van der Waals surface area (Å²) < 4.78 is 8.18. The Morgan fingerprint density at radius 2 is 1.69 bits per heavy atom. The molecule has 5 rings (SSSR count). The highest BCUT2D eigenvalue weighted by Gasteiger charge is 2.21. The maximum atomic E-state index is 13.8. The Labute approximate surface area is 220 Å². The van der Waals surface area contributed by atoms with Crippen LogP contribution in [-0.4, -0.2) is 31.7 Å². The fourth-order valence-corrected chi connectivity index (χ4v) is 4.44. The highest BCUT2D eigenvalue weighted by Crippen LogP contribution is 2.31. The molecule has 0 amide bonds. The summed E-state index contributed by atoms with van der Waals surface area (Å²) in [5.74, 6) is -0.157. The van der Waals surface area contributed by atoms with Gasteiger partial charge in [-0.2, -0.15) is 0 Å². The molecule has 3 aromatic carbocycles. The molecule has 0 aliphatic rings. The van der Waals surface area contributed by atoms with Gasteiger partial charge in [-0.15, -0.1) is 0 Å². The smallest absolute Gasteiger partial charge is 0.338 e. The zero-order valence-corrected chi connectivity index (χ0v) is 21.1. The van der Waals surface area contributed by atoms with Gasteiger partial charge in [-0.05, 0) is 67.6 Å². The number of carbonyl (C=O) groups is 1. The monoisotopic (exact) mass is 538 g/mol. The SMILES string of the molecule is CCOC(=O)c1cccc(-n2cnc3c(=O)n(-c4ccc(Cl)cc4)c(-c4ccc(Cl)cc4Cl)nc32)c1. The molecule has 2 heterocycles. The molecule has 0 unspecified atom stereocenters. The Hall–Kier alpha value is -3.65. The van der Waals surface area contributed by atoms with Crippen molar-refractivity contribution in [1.82, 2.24) is 19.1 Å². The minimum atomic E-state index is -0.449. The van der Waals surface area contributed by atoms with Crippen molar-refractivity contribution >= 4 is 51.9 Å².